The second kappa shape index (κ2) is 8.65. The fraction of sp³-hybridized carbons (Fsp3) is 0.500. The molecule has 0 saturated heterocycles. The molecule has 3 heterocycles. The first-order valence-electron chi connectivity index (χ1n) is 11.6. The second-order valence-electron chi connectivity index (χ2n) is 8.79. The van der Waals surface area contributed by atoms with E-state index in [0.29, 0.717) is 22.5 Å². The molecule has 1 aromatic carbocycles. The number of benzene rings is 1. The molecule has 2 aliphatic rings. The van der Waals surface area contributed by atoms with E-state index >= 15 is 0 Å². The fourth-order valence-corrected chi connectivity index (χ4v) is 4.95. The highest BCUT2D eigenvalue weighted by atomic mass is 16.2. The molecule has 7 heteroatoms. The van der Waals surface area contributed by atoms with Crippen molar-refractivity contribution in [3.05, 3.63) is 52.2 Å². The van der Waals surface area contributed by atoms with Crippen molar-refractivity contribution >= 4 is 22.6 Å². The Bertz CT molecular complexity index is 1160. The minimum Gasteiger partial charge on any atom is -0.307 e. The number of carbonyl (C=O) groups excluding carboxylic acids is 1. The molecular formula is C24H29N5O2. The van der Waals surface area contributed by atoms with Crippen LogP contribution < -0.4 is 10.9 Å². The van der Waals surface area contributed by atoms with Crippen LogP contribution in [0.3, 0.4) is 0 Å². The van der Waals surface area contributed by atoms with Crippen molar-refractivity contribution in [3.63, 3.8) is 0 Å². The van der Waals surface area contributed by atoms with Gasteiger partial charge in [0.2, 0.25) is 0 Å². The van der Waals surface area contributed by atoms with E-state index in [2.05, 4.69) is 10.4 Å². The van der Waals surface area contributed by atoms with Gasteiger partial charge in [0.15, 0.2) is 0 Å². The van der Waals surface area contributed by atoms with Gasteiger partial charge in [-0.05, 0) is 43.9 Å². The minimum atomic E-state index is -0.201. The first-order chi connectivity index (χ1) is 15.2. The van der Waals surface area contributed by atoms with Crippen LogP contribution in [0.1, 0.15) is 80.0 Å². The number of rotatable bonds is 3. The number of hydrogen-bond donors (Lipinski definition) is 1. The number of nitrogens with zero attached hydrogens (tertiary/aromatic N) is 4. The Hall–Kier alpha value is -2.96. The van der Waals surface area contributed by atoms with E-state index in [9.17, 15) is 9.59 Å². The smallest absolute Gasteiger partial charge is 0.261 e. The number of fused-ring (bicyclic) bond motifs is 2. The average Bonchev–Trinajstić information content (AvgIpc) is 3.23. The number of anilines is 1. The third-order valence-corrected chi connectivity index (χ3v) is 6.66. The molecule has 7 nitrogen and oxygen atoms in total. The zero-order valence-electron chi connectivity index (χ0n) is 17.8. The first-order valence-corrected chi connectivity index (χ1v) is 11.6. The van der Waals surface area contributed by atoms with Crippen molar-refractivity contribution in [1.82, 2.24) is 19.3 Å². The second-order valence-corrected chi connectivity index (χ2v) is 8.79. The van der Waals surface area contributed by atoms with Crippen molar-refractivity contribution in [2.24, 2.45) is 0 Å². The van der Waals surface area contributed by atoms with Gasteiger partial charge in [0.1, 0.15) is 11.6 Å². The standard InChI is InChI=1S/C24H29N5O2/c30-23(27-22-13-14-25-29(22)18-8-4-3-5-9-18)17-11-12-19-20(16-17)26-21-10-6-1-2-7-15-28(21)24(19)31/h11-14,16,18H,1-10,15H2,(H,27,30). The van der Waals surface area contributed by atoms with Crippen LogP contribution in [0, 0.1) is 0 Å². The van der Waals surface area contributed by atoms with Crippen LogP contribution in [0.5, 0.6) is 0 Å². The summed E-state index contributed by atoms with van der Waals surface area (Å²) in [6.45, 7) is 0.727. The Morgan fingerprint density at radius 1 is 1.00 bits per heavy atom. The maximum absolute atomic E-state index is 13.0. The Morgan fingerprint density at radius 3 is 2.68 bits per heavy atom. The Kier molecular flexibility index (Phi) is 5.57. The highest BCUT2D eigenvalue weighted by Gasteiger charge is 2.20. The number of aromatic nitrogens is 4. The Labute approximate surface area is 181 Å². The van der Waals surface area contributed by atoms with Crippen LogP contribution in [0.15, 0.2) is 35.3 Å². The highest BCUT2D eigenvalue weighted by molar-refractivity contribution is 6.05. The van der Waals surface area contributed by atoms with Crippen molar-refractivity contribution < 1.29 is 4.79 Å². The van der Waals surface area contributed by atoms with E-state index in [1.807, 2.05) is 15.3 Å². The summed E-state index contributed by atoms with van der Waals surface area (Å²) in [6, 6.07) is 7.40. The highest BCUT2D eigenvalue weighted by Crippen LogP contribution is 2.30. The van der Waals surface area contributed by atoms with Crippen LogP contribution in [0.25, 0.3) is 10.9 Å². The van der Waals surface area contributed by atoms with Crippen molar-refractivity contribution in [2.45, 2.75) is 76.8 Å². The molecule has 1 saturated carbocycles. The summed E-state index contributed by atoms with van der Waals surface area (Å²) in [5.74, 6) is 1.36. The van der Waals surface area contributed by atoms with Gasteiger partial charge in [-0.15, -0.1) is 0 Å². The van der Waals surface area contributed by atoms with Crippen molar-refractivity contribution in [3.8, 4) is 0 Å². The van der Waals surface area contributed by atoms with Gasteiger partial charge in [0.05, 0.1) is 23.1 Å². The van der Waals surface area contributed by atoms with Gasteiger partial charge < -0.3 is 5.32 Å². The Balaban J connectivity index is 1.43. The Morgan fingerprint density at radius 2 is 1.81 bits per heavy atom. The molecule has 31 heavy (non-hydrogen) atoms. The lowest BCUT2D eigenvalue weighted by molar-refractivity contribution is 0.102. The van der Waals surface area contributed by atoms with Crippen LogP contribution in [-0.2, 0) is 13.0 Å². The molecule has 1 amide bonds. The topological polar surface area (TPSA) is 81.8 Å². The largest absolute Gasteiger partial charge is 0.307 e. The summed E-state index contributed by atoms with van der Waals surface area (Å²) in [6.07, 6.45) is 12.8. The molecule has 1 aliphatic heterocycles. The number of amides is 1. The molecule has 1 aliphatic carbocycles. The van der Waals surface area contributed by atoms with Crippen LogP contribution >= 0.6 is 0 Å². The SMILES string of the molecule is O=C(Nc1ccnn1C1CCCCC1)c1ccc2c(=O)n3c(nc2c1)CCCCCC3. The maximum Gasteiger partial charge on any atom is 0.261 e. The summed E-state index contributed by atoms with van der Waals surface area (Å²) >= 11 is 0. The van der Waals surface area contributed by atoms with E-state index in [1.54, 1.807) is 24.4 Å². The molecule has 0 unspecified atom stereocenters. The van der Waals surface area contributed by atoms with Gasteiger partial charge in [-0.2, -0.15) is 5.10 Å². The zero-order chi connectivity index (χ0) is 21.2. The van der Waals surface area contributed by atoms with Gasteiger partial charge in [-0.3, -0.25) is 14.2 Å². The van der Waals surface area contributed by atoms with Gasteiger partial charge in [-0.1, -0.05) is 32.1 Å². The zero-order valence-corrected chi connectivity index (χ0v) is 17.8. The average molecular weight is 420 g/mol. The van der Waals surface area contributed by atoms with Gasteiger partial charge >= 0.3 is 0 Å². The summed E-state index contributed by atoms with van der Waals surface area (Å²) in [4.78, 5) is 30.8. The van der Waals surface area contributed by atoms with Gasteiger partial charge in [0.25, 0.3) is 11.5 Å². The lowest BCUT2D eigenvalue weighted by atomic mass is 9.96. The van der Waals surface area contributed by atoms with Crippen LogP contribution in [0.2, 0.25) is 0 Å². The molecule has 3 aromatic rings. The minimum absolute atomic E-state index is 0.00392. The van der Waals surface area contributed by atoms with Crippen molar-refractivity contribution in [2.75, 3.05) is 5.32 Å². The molecule has 0 radical (unpaired) electrons. The molecule has 1 fully saturated rings. The predicted molar refractivity (Wildman–Crippen MR) is 120 cm³/mol. The molecule has 0 spiro atoms. The summed E-state index contributed by atoms with van der Waals surface area (Å²) < 4.78 is 3.77. The molecule has 0 atom stereocenters. The van der Waals surface area contributed by atoms with E-state index in [0.717, 1.165) is 56.7 Å². The van der Waals surface area contributed by atoms with Crippen LogP contribution in [0.4, 0.5) is 5.82 Å². The van der Waals surface area contributed by atoms with E-state index < -0.39 is 0 Å². The van der Waals surface area contributed by atoms with Gasteiger partial charge in [-0.25, -0.2) is 9.67 Å². The summed E-state index contributed by atoms with van der Waals surface area (Å²) in [5, 5.41) is 8.05. The molecule has 2 aromatic heterocycles. The lowest BCUT2D eigenvalue weighted by Gasteiger charge is -2.23. The van der Waals surface area contributed by atoms with Crippen molar-refractivity contribution in [1.29, 1.82) is 0 Å². The van der Waals surface area contributed by atoms with Gasteiger partial charge in [0, 0.05) is 24.6 Å². The normalized spacial score (nSPS) is 17.7. The number of hydrogen-bond acceptors (Lipinski definition) is 4. The van der Waals surface area contributed by atoms with E-state index in [4.69, 9.17) is 4.98 Å². The first kappa shape index (κ1) is 20.0. The predicted octanol–water partition coefficient (Wildman–Crippen LogP) is 4.47. The number of aryl methyl sites for hydroxylation is 1. The van der Waals surface area contributed by atoms with E-state index in [-0.39, 0.29) is 11.5 Å². The third-order valence-electron chi connectivity index (χ3n) is 6.66. The summed E-state index contributed by atoms with van der Waals surface area (Å²) in [7, 11) is 0. The molecular weight excluding hydrogens is 390 g/mol. The van der Waals surface area contributed by atoms with E-state index in [1.165, 1.54) is 25.7 Å². The quantitative estimate of drug-likeness (QED) is 0.679. The molecule has 1 N–H and O–H groups in total. The molecule has 0 bridgehead atoms. The molecule has 162 valence electrons. The molecule has 5 rings (SSSR count). The van der Waals surface area contributed by atoms with Crippen LogP contribution in [-0.4, -0.2) is 25.2 Å². The lowest BCUT2D eigenvalue weighted by Crippen LogP contribution is -2.26. The third kappa shape index (κ3) is 4.01. The number of carbonyl (C=O) groups is 1. The maximum atomic E-state index is 13.0. The fourth-order valence-electron chi connectivity index (χ4n) is 4.95. The monoisotopic (exact) mass is 419 g/mol. The summed E-state index contributed by atoms with van der Waals surface area (Å²) in [5.41, 5.74) is 1.11. The number of nitrogens with one attached hydrogen (secondary N) is 1.